The Hall–Kier alpha value is -2.73. The zero-order chi connectivity index (χ0) is 30.0. The Morgan fingerprint density at radius 3 is 2.52 bits per heavy atom. The van der Waals surface area contributed by atoms with E-state index in [0.29, 0.717) is 29.1 Å². The molecule has 42 heavy (non-hydrogen) atoms. The van der Waals surface area contributed by atoms with E-state index < -0.39 is 70.6 Å². The largest absolute Gasteiger partial charge is 0.368 e. The van der Waals surface area contributed by atoms with Gasteiger partial charge in [-0.25, -0.2) is 9.37 Å². The zero-order valence-electron chi connectivity index (χ0n) is 22.4. The molecule has 4 N–H and O–H groups in total. The number of carbonyl (C=O) groups excluding carboxylic acids is 3. The first-order chi connectivity index (χ1) is 20.0. The van der Waals surface area contributed by atoms with Crippen LogP contribution in [0.4, 0.5) is 18.9 Å². The van der Waals surface area contributed by atoms with E-state index in [1.807, 2.05) is 0 Å². The van der Waals surface area contributed by atoms with Crippen molar-refractivity contribution in [2.24, 2.45) is 17.1 Å². The Morgan fingerprint density at radius 2 is 1.88 bits per heavy atom. The summed E-state index contributed by atoms with van der Waals surface area (Å²) in [6.07, 6.45) is 1.21. The van der Waals surface area contributed by atoms with Crippen LogP contribution in [0.15, 0.2) is 30.5 Å². The van der Waals surface area contributed by atoms with Crippen molar-refractivity contribution in [1.29, 1.82) is 0 Å². The minimum atomic E-state index is -1.63. The molecule has 0 radical (unpaired) electrons. The summed E-state index contributed by atoms with van der Waals surface area (Å²) in [4.78, 5) is 43.8. The molecule has 2 spiro atoms. The molecule has 0 unspecified atom stereocenters. The highest BCUT2D eigenvalue weighted by molar-refractivity contribution is 6.31. The fraction of sp³-hybridized carbons (Fsp3) is 0.517. The Morgan fingerprint density at radius 1 is 1.14 bits per heavy atom. The van der Waals surface area contributed by atoms with E-state index in [2.05, 4.69) is 15.6 Å². The number of nitrogens with one attached hydrogen (secondary N) is 2. The summed E-state index contributed by atoms with van der Waals surface area (Å²) in [7, 11) is 0. The Kier molecular flexibility index (Phi) is 7.31. The molecule has 2 saturated heterocycles. The molecule has 4 aliphatic rings. The highest BCUT2D eigenvalue weighted by atomic mass is 35.5. The minimum absolute atomic E-state index is 0.00129. The number of halogens is 5. The number of ketones is 1. The van der Waals surface area contributed by atoms with Crippen molar-refractivity contribution in [3.8, 4) is 0 Å². The van der Waals surface area contributed by atoms with E-state index in [1.54, 1.807) is 18.2 Å². The van der Waals surface area contributed by atoms with Crippen molar-refractivity contribution in [2.75, 3.05) is 25.3 Å². The van der Waals surface area contributed by atoms with Gasteiger partial charge in [0, 0.05) is 40.2 Å². The number of hydrogen-bond acceptors (Lipinski definition) is 6. The zero-order valence-corrected chi connectivity index (χ0v) is 23.9. The Labute approximate surface area is 249 Å². The first kappa shape index (κ1) is 29.3. The highest BCUT2D eigenvalue weighted by Gasteiger charge is 2.78. The molecule has 1 aromatic heterocycles. The van der Waals surface area contributed by atoms with Gasteiger partial charge in [0.05, 0.1) is 26.0 Å². The standard InChI is InChI=1S/C29H29Cl2F3N4O4/c30-15-2-3-17-18(8-15)37-26(41)29(17)21(16-5-6-36-24(31)22(16)34)23(38-28(29)10-27(11-28,12-32)13-33)19(39)7-14-1-4-20(25(35)40)42-9-14/h2-3,5-6,8,14,20-21,23,38H,1,4,7,9-13H2,(H2,35,40)(H,37,41)/t14-,20-,21-,23-,29+/m0/s1. The fourth-order valence-electron chi connectivity index (χ4n) is 7.92. The third kappa shape index (κ3) is 4.18. The normalized spacial score (nSPS) is 30.6. The molecule has 4 heterocycles. The van der Waals surface area contributed by atoms with Gasteiger partial charge < -0.3 is 15.8 Å². The van der Waals surface area contributed by atoms with Crippen molar-refractivity contribution in [3.05, 3.63) is 57.6 Å². The lowest BCUT2D eigenvalue weighted by Crippen LogP contribution is -2.70. The van der Waals surface area contributed by atoms with Crippen LogP contribution < -0.4 is 16.4 Å². The van der Waals surface area contributed by atoms with Gasteiger partial charge in [0.15, 0.2) is 16.8 Å². The number of amides is 2. The van der Waals surface area contributed by atoms with E-state index in [1.165, 1.54) is 12.3 Å². The van der Waals surface area contributed by atoms with Crippen LogP contribution in [0.2, 0.25) is 10.2 Å². The topological polar surface area (TPSA) is 123 Å². The number of anilines is 1. The number of benzene rings is 1. The first-order valence-electron chi connectivity index (χ1n) is 13.8. The average molecular weight is 625 g/mol. The quantitative estimate of drug-likeness (QED) is 0.397. The molecule has 5 atom stereocenters. The Bertz CT molecular complexity index is 1460. The van der Waals surface area contributed by atoms with Crippen molar-refractivity contribution >= 4 is 46.5 Å². The molecule has 2 amide bonds. The van der Waals surface area contributed by atoms with E-state index >= 15 is 4.39 Å². The molecule has 13 heteroatoms. The third-order valence-electron chi connectivity index (χ3n) is 9.66. The van der Waals surface area contributed by atoms with E-state index in [-0.39, 0.29) is 43.1 Å². The van der Waals surface area contributed by atoms with Gasteiger partial charge in [-0.15, -0.1) is 0 Å². The molecule has 1 saturated carbocycles. The summed E-state index contributed by atoms with van der Waals surface area (Å²) in [5, 5.41) is 6.10. The molecular weight excluding hydrogens is 596 g/mol. The highest BCUT2D eigenvalue weighted by Crippen LogP contribution is 2.68. The number of ether oxygens (including phenoxy) is 1. The molecular formula is C29H29Cl2F3N4O4. The summed E-state index contributed by atoms with van der Waals surface area (Å²) in [5.74, 6) is -3.73. The summed E-state index contributed by atoms with van der Waals surface area (Å²) >= 11 is 12.4. The first-order valence-corrected chi connectivity index (χ1v) is 14.5. The number of primary amides is 1. The van der Waals surface area contributed by atoms with Crippen LogP contribution in [-0.4, -0.2) is 60.2 Å². The lowest BCUT2D eigenvalue weighted by molar-refractivity contribution is -0.135. The van der Waals surface area contributed by atoms with E-state index in [4.69, 9.17) is 33.7 Å². The number of fused-ring (bicyclic) bond motifs is 3. The van der Waals surface area contributed by atoms with Gasteiger partial charge in [-0.05, 0) is 60.9 Å². The predicted octanol–water partition coefficient (Wildman–Crippen LogP) is 4.17. The van der Waals surface area contributed by atoms with Crippen LogP contribution in [0.5, 0.6) is 0 Å². The number of aromatic nitrogens is 1. The van der Waals surface area contributed by atoms with Crippen molar-refractivity contribution in [1.82, 2.24) is 10.3 Å². The van der Waals surface area contributed by atoms with Gasteiger partial charge >= 0.3 is 0 Å². The van der Waals surface area contributed by atoms with Crippen LogP contribution in [-0.2, 0) is 24.5 Å². The lowest BCUT2D eigenvalue weighted by atomic mass is 9.46. The molecule has 3 fully saturated rings. The molecule has 2 aromatic rings. The van der Waals surface area contributed by atoms with Gasteiger partial charge in [-0.3, -0.25) is 28.5 Å². The average Bonchev–Trinajstić information content (AvgIpc) is 3.41. The number of carbonyl (C=O) groups is 3. The van der Waals surface area contributed by atoms with E-state index in [0.717, 1.165) is 0 Å². The van der Waals surface area contributed by atoms with Gasteiger partial charge in [0.25, 0.3) is 0 Å². The van der Waals surface area contributed by atoms with Crippen LogP contribution in [0.1, 0.15) is 49.1 Å². The smallest absolute Gasteiger partial charge is 0.246 e. The maximum atomic E-state index is 15.9. The van der Waals surface area contributed by atoms with Gasteiger partial charge in [-0.1, -0.05) is 29.3 Å². The molecule has 1 aromatic carbocycles. The summed E-state index contributed by atoms with van der Waals surface area (Å²) in [5.41, 5.74) is 1.90. The molecule has 224 valence electrons. The SMILES string of the molecule is NC(=O)[C@@H]1CC[C@@H](CC(=O)[C@@H]2NC3(CC(CF)(CF)C3)[C@@]3(C(=O)Nc4cc(Cl)ccc43)[C@H]2c2ccnc(Cl)c2F)CO1. The fourth-order valence-corrected chi connectivity index (χ4v) is 8.26. The van der Waals surface area contributed by atoms with Crippen LogP contribution in [0.3, 0.4) is 0 Å². The number of hydrogen-bond donors (Lipinski definition) is 3. The Balaban J connectivity index is 1.49. The van der Waals surface area contributed by atoms with Gasteiger partial charge in [0.2, 0.25) is 11.8 Å². The monoisotopic (exact) mass is 624 g/mol. The second kappa shape index (κ2) is 10.5. The van der Waals surface area contributed by atoms with Crippen molar-refractivity contribution < 1.29 is 32.3 Å². The number of pyridine rings is 1. The number of nitrogens with two attached hydrogens (primary N) is 1. The molecule has 0 bridgehead atoms. The number of nitrogens with zero attached hydrogens (tertiary/aromatic N) is 1. The van der Waals surface area contributed by atoms with Crippen LogP contribution in [0, 0.1) is 17.2 Å². The number of rotatable bonds is 7. The molecule has 3 aliphatic heterocycles. The summed E-state index contributed by atoms with van der Waals surface area (Å²) in [6, 6.07) is 5.04. The van der Waals surface area contributed by atoms with Gasteiger partial charge in [0.1, 0.15) is 11.5 Å². The second-order valence-corrected chi connectivity index (χ2v) is 12.9. The second-order valence-electron chi connectivity index (χ2n) is 12.1. The van der Waals surface area contributed by atoms with Gasteiger partial charge in [-0.2, -0.15) is 0 Å². The van der Waals surface area contributed by atoms with Crippen molar-refractivity contribution in [3.63, 3.8) is 0 Å². The molecule has 8 nitrogen and oxygen atoms in total. The summed E-state index contributed by atoms with van der Waals surface area (Å²) < 4.78 is 49.9. The molecule has 1 aliphatic carbocycles. The number of alkyl halides is 2. The minimum Gasteiger partial charge on any atom is -0.368 e. The maximum Gasteiger partial charge on any atom is 0.246 e. The maximum absolute atomic E-state index is 15.9. The summed E-state index contributed by atoms with van der Waals surface area (Å²) in [6.45, 7) is -1.80. The molecule has 6 rings (SSSR count). The number of Topliss-reactive ketones (excluding diaryl/α,β-unsaturated/α-hetero) is 1. The van der Waals surface area contributed by atoms with E-state index in [9.17, 15) is 23.2 Å². The van der Waals surface area contributed by atoms with Crippen molar-refractivity contribution in [2.45, 2.75) is 61.1 Å². The van der Waals surface area contributed by atoms with Crippen LogP contribution >= 0.6 is 23.2 Å². The van der Waals surface area contributed by atoms with Crippen LogP contribution in [0.25, 0.3) is 0 Å². The predicted molar refractivity (Wildman–Crippen MR) is 148 cm³/mol. The lowest BCUT2D eigenvalue weighted by Gasteiger charge is -2.59. The third-order valence-corrected chi connectivity index (χ3v) is 10.2.